The van der Waals surface area contributed by atoms with Gasteiger partial charge in [0.2, 0.25) is 0 Å². The summed E-state index contributed by atoms with van der Waals surface area (Å²) in [7, 11) is 0. The molecule has 1 heterocycles. The summed E-state index contributed by atoms with van der Waals surface area (Å²) in [5, 5.41) is 4.99. The van der Waals surface area contributed by atoms with Gasteiger partial charge in [0.1, 0.15) is 0 Å². The Morgan fingerprint density at radius 2 is 2.00 bits per heavy atom. The summed E-state index contributed by atoms with van der Waals surface area (Å²) in [6.45, 7) is 3.99. The number of hydrogen-bond acceptors (Lipinski definition) is 2. The molecule has 1 aromatic heterocycles. The molecule has 0 aliphatic heterocycles. The zero-order valence-corrected chi connectivity index (χ0v) is 13.3. The van der Waals surface area contributed by atoms with E-state index in [0.717, 1.165) is 21.3 Å². The zero-order valence-electron chi connectivity index (χ0n) is 10.9. The van der Waals surface area contributed by atoms with E-state index in [0.29, 0.717) is 0 Å². The average molecular weight is 338 g/mol. The van der Waals surface area contributed by atoms with Crippen molar-refractivity contribution in [2.75, 3.05) is 0 Å². The molecule has 0 spiro atoms. The largest absolute Gasteiger partial charge is 0.349 e. The van der Waals surface area contributed by atoms with Gasteiger partial charge in [0.25, 0.3) is 5.91 Å². The molecule has 0 aliphatic rings. The first-order valence-corrected chi connectivity index (χ1v) is 7.83. The van der Waals surface area contributed by atoms with Crippen LogP contribution >= 0.6 is 27.3 Å². The Hall–Kier alpha value is -1.13. The van der Waals surface area contributed by atoms with E-state index in [1.165, 1.54) is 16.9 Å². The van der Waals surface area contributed by atoms with E-state index in [4.69, 9.17) is 0 Å². The topological polar surface area (TPSA) is 29.1 Å². The quantitative estimate of drug-likeness (QED) is 0.890. The van der Waals surface area contributed by atoms with Crippen LogP contribution in [0.2, 0.25) is 0 Å². The van der Waals surface area contributed by atoms with Gasteiger partial charge in [-0.2, -0.15) is 0 Å². The van der Waals surface area contributed by atoms with Crippen LogP contribution in [0, 0.1) is 6.92 Å². The molecule has 0 unspecified atom stereocenters. The smallest absolute Gasteiger partial charge is 0.261 e. The first-order valence-electron chi connectivity index (χ1n) is 6.15. The second kappa shape index (κ2) is 6.35. The summed E-state index contributed by atoms with van der Waals surface area (Å²) in [5.41, 5.74) is 2.26. The van der Waals surface area contributed by atoms with Gasteiger partial charge in [-0.25, -0.2) is 0 Å². The molecule has 0 aliphatic carbocycles. The van der Waals surface area contributed by atoms with Gasteiger partial charge in [-0.15, -0.1) is 11.3 Å². The highest BCUT2D eigenvalue weighted by atomic mass is 79.9. The summed E-state index contributed by atoms with van der Waals surface area (Å²) < 4.78 is 1.07. The maximum atomic E-state index is 12.1. The number of carbonyl (C=O) groups is 1. The molecule has 2 nitrogen and oxygen atoms in total. The van der Waals surface area contributed by atoms with Crippen molar-refractivity contribution in [2.45, 2.75) is 26.3 Å². The SMILES string of the molecule is Cc1ccsc1C(=O)N[C@@H](C)Cc1ccc(Br)cc1. The van der Waals surface area contributed by atoms with E-state index in [1.807, 2.05) is 37.4 Å². The number of amides is 1. The molecule has 19 heavy (non-hydrogen) atoms. The van der Waals surface area contributed by atoms with Crippen LogP contribution < -0.4 is 5.32 Å². The fourth-order valence-electron chi connectivity index (χ4n) is 1.92. The van der Waals surface area contributed by atoms with Gasteiger partial charge < -0.3 is 5.32 Å². The minimum atomic E-state index is 0.0251. The number of benzene rings is 1. The number of thiophene rings is 1. The number of carbonyl (C=O) groups excluding carboxylic acids is 1. The first-order chi connectivity index (χ1) is 9.06. The molecular formula is C15H16BrNOS. The number of nitrogens with one attached hydrogen (secondary N) is 1. The normalized spacial score (nSPS) is 12.2. The van der Waals surface area contributed by atoms with E-state index < -0.39 is 0 Å². The molecule has 1 aromatic carbocycles. The summed E-state index contributed by atoms with van der Waals surface area (Å²) in [5.74, 6) is 0.0251. The Morgan fingerprint density at radius 3 is 2.58 bits per heavy atom. The summed E-state index contributed by atoms with van der Waals surface area (Å²) in [4.78, 5) is 12.9. The van der Waals surface area contributed by atoms with E-state index in [-0.39, 0.29) is 11.9 Å². The molecule has 0 saturated carbocycles. The van der Waals surface area contributed by atoms with Gasteiger partial charge in [0, 0.05) is 10.5 Å². The van der Waals surface area contributed by atoms with Gasteiger partial charge in [-0.05, 0) is 55.0 Å². The summed E-state index contributed by atoms with van der Waals surface area (Å²) in [6.07, 6.45) is 0.837. The first kappa shape index (κ1) is 14.3. The molecule has 0 saturated heterocycles. The second-order valence-corrected chi connectivity index (χ2v) is 6.47. The minimum Gasteiger partial charge on any atom is -0.349 e. The lowest BCUT2D eigenvalue weighted by molar-refractivity contribution is 0.0943. The van der Waals surface area contributed by atoms with E-state index in [1.54, 1.807) is 0 Å². The van der Waals surface area contributed by atoms with E-state index in [9.17, 15) is 4.79 Å². The lowest BCUT2D eigenvalue weighted by Crippen LogP contribution is -2.33. The Bertz CT molecular complexity index is 562. The van der Waals surface area contributed by atoms with Crippen LogP contribution in [0.25, 0.3) is 0 Å². The van der Waals surface area contributed by atoms with Crippen molar-refractivity contribution in [1.29, 1.82) is 0 Å². The van der Waals surface area contributed by atoms with Crippen LogP contribution in [-0.2, 0) is 6.42 Å². The molecule has 1 N–H and O–H groups in total. The number of halogens is 1. The third kappa shape index (κ3) is 3.91. The molecule has 0 radical (unpaired) electrons. The standard InChI is InChI=1S/C15H16BrNOS/c1-10-7-8-19-14(10)15(18)17-11(2)9-12-3-5-13(16)6-4-12/h3-8,11H,9H2,1-2H3,(H,17,18)/t11-/m0/s1. The van der Waals surface area contributed by atoms with Crippen molar-refractivity contribution in [2.24, 2.45) is 0 Å². The lowest BCUT2D eigenvalue weighted by Gasteiger charge is -2.13. The molecule has 2 aromatic rings. The molecule has 1 amide bonds. The van der Waals surface area contributed by atoms with Gasteiger partial charge in [0.15, 0.2) is 0 Å². The fourth-order valence-corrected chi connectivity index (χ4v) is 3.01. The molecule has 100 valence electrons. The van der Waals surface area contributed by atoms with Crippen LogP contribution in [0.5, 0.6) is 0 Å². The van der Waals surface area contributed by atoms with Crippen molar-refractivity contribution in [3.05, 3.63) is 56.2 Å². The molecule has 0 fully saturated rings. The molecule has 4 heteroatoms. The van der Waals surface area contributed by atoms with Gasteiger partial charge in [-0.1, -0.05) is 28.1 Å². The highest BCUT2D eigenvalue weighted by Gasteiger charge is 2.13. The Kier molecular flexibility index (Phi) is 4.77. The minimum absolute atomic E-state index is 0.0251. The molecule has 2 rings (SSSR count). The van der Waals surface area contributed by atoms with Gasteiger partial charge in [0.05, 0.1) is 4.88 Å². The summed E-state index contributed by atoms with van der Waals surface area (Å²) >= 11 is 4.91. The zero-order chi connectivity index (χ0) is 13.8. The Morgan fingerprint density at radius 1 is 1.32 bits per heavy atom. The van der Waals surface area contributed by atoms with Crippen molar-refractivity contribution in [3.63, 3.8) is 0 Å². The third-order valence-corrected chi connectivity index (χ3v) is 4.44. The highest BCUT2D eigenvalue weighted by Crippen LogP contribution is 2.16. The van der Waals surface area contributed by atoms with E-state index in [2.05, 4.69) is 33.4 Å². The Labute approximate surface area is 126 Å². The van der Waals surface area contributed by atoms with Crippen LogP contribution in [0.15, 0.2) is 40.2 Å². The van der Waals surface area contributed by atoms with Crippen LogP contribution in [-0.4, -0.2) is 11.9 Å². The molecule has 0 bridgehead atoms. The Balaban J connectivity index is 1.94. The van der Waals surface area contributed by atoms with Crippen LogP contribution in [0.3, 0.4) is 0 Å². The average Bonchev–Trinajstić information content (AvgIpc) is 2.78. The van der Waals surface area contributed by atoms with Crippen molar-refractivity contribution in [3.8, 4) is 0 Å². The van der Waals surface area contributed by atoms with E-state index >= 15 is 0 Å². The number of aryl methyl sites for hydroxylation is 1. The van der Waals surface area contributed by atoms with Crippen molar-refractivity contribution < 1.29 is 4.79 Å². The lowest BCUT2D eigenvalue weighted by atomic mass is 10.1. The van der Waals surface area contributed by atoms with Crippen LogP contribution in [0.4, 0.5) is 0 Å². The van der Waals surface area contributed by atoms with Crippen molar-refractivity contribution in [1.82, 2.24) is 5.32 Å². The number of rotatable bonds is 4. The van der Waals surface area contributed by atoms with Crippen molar-refractivity contribution >= 4 is 33.2 Å². The number of hydrogen-bond donors (Lipinski definition) is 1. The fraction of sp³-hybridized carbons (Fsp3) is 0.267. The predicted octanol–water partition coefficient (Wildman–Crippen LogP) is 4.18. The van der Waals surface area contributed by atoms with Gasteiger partial charge in [-0.3, -0.25) is 4.79 Å². The monoisotopic (exact) mass is 337 g/mol. The van der Waals surface area contributed by atoms with Gasteiger partial charge >= 0.3 is 0 Å². The van der Waals surface area contributed by atoms with Crippen LogP contribution in [0.1, 0.15) is 27.7 Å². The highest BCUT2D eigenvalue weighted by molar-refractivity contribution is 9.10. The summed E-state index contributed by atoms with van der Waals surface area (Å²) in [6, 6.07) is 10.3. The molecule has 1 atom stereocenters. The molecular weight excluding hydrogens is 322 g/mol. The second-order valence-electron chi connectivity index (χ2n) is 4.64. The maximum Gasteiger partial charge on any atom is 0.261 e. The third-order valence-electron chi connectivity index (χ3n) is 2.90. The maximum absolute atomic E-state index is 12.1. The predicted molar refractivity (Wildman–Crippen MR) is 83.8 cm³/mol.